The van der Waals surface area contributed by atoms with E-state index < -0.39 is 30.9 Å². The van der Waals surface area contributed by atoms with E-state index in [2.05, 4.69) is 16.0 Å². The number of halogens is 2. The summed E-state index contributed by atoms with van der Waals surface area (Å²) in [7, 11) is 1.42. The third-order valence-electron chi connectivity index (χ3n) is 3.73. The van der Waals surface area contributed by atoms with Crippen molar-refractivity contribution in [2.24, 2.45) is 0 Å². The fourth-order valence-corrected chi connectivity index (χ4v) is 2.89. The third kappa shape index (κ3) is 7.47. The molecule has 2 aromatic rings. The molecule has 0 radical (unpaired) electrons. The van der Waals surface area contributed by atoms with Crippen molar-refractivity contribution in [2.45, 2.75) is 6.92 Å². The van der Waals surface area contributed by atoms with Crippen molar-refractivity contribution < 1.29 is 28.7 Å². The van der Waals surface area contributed by atoms with Gasteiger partial charge in [-0.25, -0.2) is 0 Å². The summed E-state index contributed by atoms with van der Waals surface area (Å²) in [4.78, 5) is 47.2. The Morgan fingerprint density at radius 3 is 2.39 bits per heavy atom. The van der Waals surface area contributed by atoms with Crippen LogP contribution in [-0.4, -0.2) is 44.0 Å². The molecule has 3 N–H and O–H groups in total. The van der Waals surface area contributed by atoms with Gasteiger partial charge in [-0.05, 0) is 36.4 Å². The smallest absolute Gasteiger partial charge is 0.325 e. The molecule has 0 spiro atoms. The van der Waals surface area contributed by atoms with Crippen molar-refractivity contribution >= 4 is 58.3 Å². The van der Waals surface area contributed by atoms with Crippen LogP contribution < -0.4 is 20.7 Å². The molecule has 0 aliphatic rings. The second kappa shape index (κ2) is 11.2. The van der Waals surface area contributed by atoms with Gasteiger partial charge in [-0.1, -0.05) is 23.2 Å². The van der Waals surface area contributed by atoms with Gasteiger partial charge in [0.05, 0.1) is 23.4 Å². The molecule has 0 aliphatic carbocycles. The number of carbonyl (C=O) groups is 4. The van der Waals surface area contributed by atoms with E-state index in [4.69, 9.17) is 32.7 Å². The van der Waals surface area contributed by atoms with Crippen molar-refractivity contribution in [3.8, 4) is 5.75 Å². The molecule has 0 bridgehead atoms. The second-order valence-electron chi connectivity index (χ2n) is 6.11. The molecule has 0 saturated heterocycles. The standard InChI is InChI=1S/C20H19Cl2N3O6/c1-11(26)24-13-4-6-17(30-2)16(8-13)25-18(27)10-31-19(28)9-23-20(29)14-5-3-12(21)7-15(14)22/h3-8H,9-10H2,1-2H3,(H,23,29)(H,24,26)(H,25,27). The van der Waals surface area contributed by atoms with Gasteiger partial charge in [-0.3, -0.25) is 19.2 Å². The number of hydrogen-bond acceptors (Lipinski definition) is 6. The predicted octanol–water partition coefficient (Wildman–Crippen LogP) is 2.87. The van der Waals surface area contributed by atoms with E-state index >= 15 is 0 Å². The molecule has 0 aromatic heterocycles. The van der Waals surface area contributed by atoms with Crippen LogP contribution in [0.3, 0.4) is 0 Å². The summed E-state index contributed by atoms with van der Waals surface area (Å²) in [5, 5.41) is 7.95. The van der Waals surface area contributed by atoms with Crippen LogP contribution in [0.2, 0.25) is 10.0 Å². The first-order chi connectivity index (χ1) is 14.7. The Kier molecular flexibility index (Phi) is 8.65. The Bertz CT molecular complexity index is 1010. The SMILES string of the molecule is COc1ccc(NC(C)=O)cc1NC(=O)COC(=O)CNC(=O)c1ccc(Cl)cc1Cl. The minimum atomic E-state index is -0.826. The molecule has 31 heavy (non-hydrogen) atoms. The first kappa shape index (κ1) is 24.0. The first-order valence-corrected chi connectivity index (χ1v) is 9.59. The van der Waals surface area contributed by atoms with E-state index in [-0.39, 0.29) is 22.2 Å². The van der Waals surface area contributed by atoms with Crippen molar-refractivity contribution in [2.75, 3.05) is 30.9 Å². The molecule has 0 unspecified atom stereocenters. The van der Waals surface area contributed by atoms with Crippen LogP contribution in [0.1, 0.15) is 17.3 Å². The molecule has 0 saturated carbocycles. The lowest BCUT2D eigenvalue weighted by Crippen LogP contribution is -2.32. The summed E-state index contributed by atoms with van der Waals surface area (Å²) < 4.78 is 10.0. The molecular formula is C20H19Cl2N3O6. The Morgan fingerprint density at radius 2 is 1.74 bits per heavy atom. The van der Waals surface area contributed by atoms with Crippen LogP contribution in [0.4, 0.5) is 11.4 Å². The minimum Gasteiger partial charge on any atom is -0.495 e. The lowest BCUT2D eigenvalue weighted by atomic mass is 10.2. The largest absolute Gasteiger partial charge is 0.495 e. The van der Waals surface area contributed by atoms with Crippen LogP contribution in [0.25, 0.3) is 0 Å². The molecule has 3 amide bonds. The summed E-state index contributed by atoms with van der Waals surface area (Å²) >= 11 is 11.7. The van der Waals surface area contributed by atoms with Crippen LogP contribution in [-0.2, 0) is 19.1 Å². The van der Waals surface area contributed by atoms with Gasteiger partial charge in [0.2, 0.25) is 5.91 Å². The molecule has 0 fully saturated rings. The summed E-state index contributed by atoms with van der Waals surface area (Å²) in [5.74, 6) is -1.99. The average molecular weight is 468 g/mol. The molecule has 9 nitrogen and oxygen atoms in total. The number of rotatable bonds is 8. The zero-order valence-corrected chi connectivity index (χ0v) is 18.1. The third-order valence-corrected chi connectivity index (χ3v) is 4.28. The first-order valence-electron chi connectivity index (χ1n) is 8.84. The van der Waals surface area contributed by atoms with E-state index in [0.29, 0.717) is 16.5 Å². The van der Waals surface area contributed by atoms with Gasteiger partial charge in [-0.2, -0.15) is 0 Å². The Labute approximate surface area is 188 Å². The minimum absolute atomic E-state index is 0.133. The molecule has 0 heterocycles. The highest BCUT2D eigenvalue weighted by molar-refractivity contribution is 6.36. The molecular weight excluding hydrogens is 449 g/mol. The number of carbonyl (C=O) groups excluding carboxylic acids is 4. The zero-order chi connectivity index (χ0) is 23.0. The van der Waals surface area contributed by atoms with Crippen LogP contribution >= 0.6 is 23.2 Å². The summed E-state index contributed by atoms with van der Waals surface area (Å²) in [6, 6.07) is 8.96. The highest BCUT2D eigenvalue weighted by atomic mass is 35.5. The lowest BCUT2D eigenvalue weighted by Gasteiger charge is -2.12. The van der Waals surface area contributed by atoms with E-state index in [1.54, 1.807) is 12.1 Å². The van der Waals surface area contributed by atoms with Gasteiger partial charge < -0.3 is 25.4 Å². The number of ether oxygens (including phenoxy) is 2. The van der Waals surface area contributed by atoms with Gasteiger partial charge in [0.1, 0.15) is 12.3 Å². The Morgan fingerprint density at radius 1 is 1.00 bits per heavy atom. The van der Waals surface area contributed by atoms with Gasteiger partial charge in [0.25, 0.3) is 11.8 Å². The highest BCUT2D eigenvalue weighted by Gasteiger charge is 2.15. The predicted molar refractivity (Wildman–Crippen MR) is 116 cm³/mol. The van der Waals surface area contributed by atoms with E-state index in [9.17, 15) is 19.2 Å². The Hall–Kier alpha value is -3.30. The highest BCUT2D eigenvalue weighted by Crippen LogP contribution is 2.27. The maximum Gasteiger partial charge on any atom is 0.325 e. The van der Waals surface area contributed by atoms with Crippen molar-refractivity contribution in [1.29, 1.82) is 0 Å². The number of hydrogen-bond donors (Lipinski definition) is 3. The molecule has 11 heteroatoms. The van der Waals surface area contributed by atoms with Crippen LogP contribution in [0.15, 0.2) is 36.4 Å². The summed E-state index contributed by atoms with van der Waals surface area (Å²) in [6.45, 7) is 0.290. The number of nitrogens with one attached hydrogen (secondary N) is 3. The van der Waals surface area contributed by atoms with Crippen molar-refractivity contribution in [3.63, 3.8) is 0 Å². The van der Waals surface area contributed by atoms with Gasteiger partial charge >= 0.3 is 5.97 Å². The van der Waals surface area contributed by atoms with Gasteiger partial charge in [0, 0.05) is 17.6 Å². The van der Waals surface area contributed by atoms with Crippen LogP contribution in [0, 0.1) is 0 Å². The van der Waals surface area contributed by atoms with E-state index in [1.807, 2.05) is 0 Å². The van der Waals surface area contributed by atoms with Crippen molar-refractivity contribution in [3.05, 3.63) is 52.0 Å². The Balaban J connectivity index is 1.86. The summed E-state index contributed by atoms with van der Waals surface area (Å²) in [5.41, 5.74) is 0.868. The number of esters is 1. The topological polar surface area (TPSA) is 123 Å². The quantitative estimate of drug-likeness (QED) is 0.512. The molecule has 2 aromatic carbocycles. The molecule has 0 atom stereocenters. The van der Waals surface area contributed by atoms with E-state index in [0.717, 1.165) is 0 Å². The van der Waals surface area contributed by atoms with Crippen molar-refractivity contribution in [1.82, 2.24) is 5.32 Å². The number of benzene rings is 2. The fourth-order valence-electron chi connectivity index (χ4n) is 2.39. The number of amides is 3. The average Bonchev–Trinajstić information content (AvgIpc) is 2.70. The summed E-state index contributed by atoms with van der Waals surface area (Å²) in [6.07, 6.45) is 0. The fraction of sp³-hybridized carbons (Fsp3) is 0.200. The normalized spacial score (nSPS) is 10.1. The monoisotopic (exact) mass is 467 g/mol. The van der Waals surface area contributed by atoms with E-state index in [1.165, 1.54) is 38.3 Å². The lowest BCUT2D eigenvalue weighted by molar-refractivity contribution is -0.146. The molecule has 0 aliphatic heterocycles. The molecule has 2 rings (SSSR count). The maximum atomic E-state index is 12.1. The van der Waals surface area contributed by atoms with Gasteiger partial charge in [-0.15, -0.1) is 0 Å². The number of anilines is 2. The second-order valence-corrected chi connectivity index (χ2v) is 6.96. The zero-order valence-electron chi connectivity index (χ0n) is 16.6. The van der Waals surface area contributed by atoms with Crippen LogP contribution in [0.5, 0.6) is 5.75 Å². The number of methoxy groups -OCH3 is 1. The molecule has 164 valence electrons. The maximum absolute atomic E-state index is 12.1. The van der Waals surface area contributed by atoms with Gasteiger partial charge in [0.15, 0.2) is 6.61 Å².